The van der Waals surface area contributed by atoms with Crippen molar-refractivity contribution in [3.05, 3.63) is 30.0 Å². The molecule has 0 saturated heterocycles. The van der Waals surface area contributed by atoms with Gasteiger partial charge >= 0.3 is 0 Å². The second kappa shape index (κ2) is 11.6. The van der Waals surface area contributed by atoms with E-state index >= 15 is 0 Å². The smallest absolute Gasteiger partial charge is 0.272 e. The average molecular weight is 485 g/mol. The van der Waals surface area contributed by atoms with E-state index in [1.165, 1.54) is 0 Å². The maximum atomic E-state index is 13.4. The lowest BCUT2D eigenvalue weighted by Crippen LogP contribution is -2.40. The Bertz CT molecular complexity index is 1000. The molecule has 1 saturated carbocycles. The zero-order valence-electron chi connectivity index (χ0n) is 22.1. The van der Waals surface area contributed by atoms with Crippen molar-refractivity contribution in [3.8, 4) is 22.8 Å². The van der Waals surface area contributed by atoms with E-state index in [0.29, 0.717) is 35.6 Å². The fourth-order valence-corrected chi connectivity index (χ4v) is 4.15. The number of ether oxygens (including phenoxy) is 2. The summed E-state index contributed by atoms with van der Waals surface area (Å²) in [5.74, 6) is 1.59. The number of hydrogen-bond donors (Lipinski definition) is 2. The van der Waals surface area contributed by atoms with Gasteiger partial charge in [-0.05, 0) is 56.2 Å². The normalized spacial score (nSPS) is 15.1. The van der Waals surface area contributed by atoms with E-state index in [0.717, 1.165) is 24.1 Å². The SMILES string of the molecule is COc1cccc(OC)c1-c1cc(C(=O)NC(CC(=O)NC2CC2)CC(C)C)nn1C(C)C(C)C. The molecule has 1 aromatic carbocycles. The number of aromatic nitrogens is 2. The third-order valence-corrected chi connectivity index (χ3v) is 6.47. The van der Waals surface area contributed by atoms with Crippen LogP contribution >= 0.6 is 0 Å². The number of nitrogens with zero attached hydrogens (tertiary/aromatic N) is 2. The molecule has 3 rings (SSSR count). The van der Waals surface area contributed by atoms with E-state index in [9.17, 15) is 9.59 Å². The van der Waals surface area contributed by atoms with Crippen molar-refractivity contribution in [1.29, 1.82) is 0 Å². The van der Waals surface area contributed by atoms with Crippen LogP contribution in [0.2, 0.25) is 0 Å². The summed E-state index contributed by atoms with van der Waals surface area (Å²) >= 11 is 0. The number of hydrogen-bond acceptors (Lipinski definition) is 5. The number of methoxy groups -OCH3 is 2. The minimum absolute atomic E-state index is 0.0168. The summed E-state index contributed by atoms with van der Waals surface area (Å²) in [7, 11) is 3.23. The average Bonchev–Trinajstić information content (AvgIpc) is 3.50. The molecule has 8 heteroatoms. The first-order valence-corrected chi connectivity index (χ1v) is 12.6. The van der Waals surface area contributed by atoms with Gasteiger partial charge in [-0.25, -0.2) is 0 Å². The van der Waals surface area contributed by atoms with Crippen molar-refractivity contribution in [1.82, 2.24) is 20.4 Å². The van der Waals surface area contributed by atoms with Crippen molar-refractivity contribution in [2.75, 3.05) is 14.2 Å². The summed E-state index contributed by atoms with van der Waals surface area (Å²) in [6, 6.07) is 7.44. The predicted molar refractivity (Wildman–Crippen MR) is 137 cm³/mol. The number of nitrogens with one attached hydrogen (secondary N) is 2. The first-order valence-electron chi connectivity index (χ1n) is 12.6. The molecule has 2 atom stereocenters. The van der Waals surface area contributed by atoms with E-state index in [-0.39, 0.29) is 36.2 Å². The number of rotatable bonds is 12. The highest BCUT2D eigenvalue weighted by Crippen LogP contribution is 2.40. The van der Waals surface area contributed by atoms with Crippen LogP contribution in [0.3, 0.4) is 0 Å². The van der Waals surface area contributed by atoms with Gasteiger partial charge in [0.1, 0.15) is 11.5 Å². The molecule has 8 nitrogen and oxygen atoms in total. The number of benzene rings is 1. The maximum Gasteiger partial charge on any atom is 0.272 e. The van der Waals surface area contributed by atoms with E-state index in [2.05, 4.69) is 45.3 Å². The monoisotopic (exact) mass is 484 g/mol. The van der Waals surface area contributed by atoms with Gasteiger partial charge in [-0.15, -0.1) is 0 Å². The van der Waals surface area contributed by atoms with Crippen molar-refractivity contribution >= 4 is 11.8 Å². The quantitative estimate of drug-likeness (QED) is 0.459. The third-order valence-electron chi connectivity index (χ3n) is 6.47. The molecule has 1 aliphatic rings. The van der Waals surface area contributed by atoms with Gasteiger partial charge in [0.15, 0.2) is 5.69 Å². The third kappa shape index (κ3) is 6.77. The highest BCUT2D eigenvalue weighted by Gasteiger charge is 2.28. The highest BCUT2D eigenvalue weighted by molar-refractivity contribution is 5.94. The van der Waals surface area contributed by atoms with Crippen molar-refractivity contribution in [2.24, 2.45) is 11.8 Å². The second-order valence-corrected chi connectivity index (χ2v) is 10.2. The lowest BCUT2D eigenvalue weighted by Gasteiger charge is -2.21. The standard InChI is InChI=1S/C27H40N4O4/c1-16(2)13-20(14-25(32)28-19-11-12-19)29-27(33)21-15-22(31(30-21)18(5)17(3)4)26-23(34-6)9-8-10-24(26)35-7/h8-10,15-20H,11-14H2,1-7H3,(H,28,32)(H,29,33). The molecule has 192 valence electrons. The molecule has 0 spiro atoms. The lowest BCUT2D eigenvalue weighted by atomic mass is 10.0. The van der Waals surface area contributed by atoms with E-state index in [1.807, 2.05) is 22.9 Å². The zero-order valence-corrected chi connectivity index (χ0v) is 22.1. The molecule has 2 N–H and O–H groups in total. The first kappa shape index (κ1) is 26.6. The molecule has 0 bridgehead atoms. The second-order valence-electron chi connectivity index (χ2n) is 10.2. The Morgan fingerprint density at radius 2 is 1.71 bits per heavy atom. The van der Waals surface area contributed by atoms with Gasteiger partial charge in [0.2, 0.25) is 5.91 Å². The number of carbonyl (C=O) groups is 2. The Labute approximate surface area is 208 Å². The van der Waals surface area contributed by atoms with Gasteiger partial charge < -0.3 is 20.1 Å². The molecule has 1 fully saturated rings. The van der Waals surface area contributed by atoms with E-state index in [4.69, 9.17) is 14.6 Å². The van der Waals surface area contributed by atoms with Crippen LogP contribution < -0.4 is 20.1 Å². The van der Waals surface area contributed by atoms with Crippen LogP contribution in [0.15, 0.2) is 24.3 Å². The van der Waals surface area contributed by atoms with Gasteiger partial charge in [0.25, 0.3) is 5.91 Å². The molecule has 35 heavy (non-hydrogen) atoms. The largest absolute Gasteiger partial charge is 0.496 e. The predicted octanol–water partition coefficient (Wildman–Crippen LogP) is 4.60. The Hall–Kier alpha value is -3.03. The van der Waals surface area contributed by atoms with Crippen LogP contribution in [-0.4, -0.2) is 47.9 Å². The van der Waals surface area contributed by atoms with E-state index in [1.54, 1.807) is 20.3 Å². The number of amides is 2. The van der Waals surface area contributed by atoms with Crippen LogP contribution in [0, 0.1) is 11.8 Å². The summed E-state index contributed by atoms with van der Waals surface area (Å²) in [6.45, 7) is 10.5. The molecule has 0 aliphatic heterocycles. The van der Waals surface area contributed by atoms with Crippen molar-refractivity contribution < 1.29 is 19.1 Å². The number of carbonyl (C=O) groups excluding carboxylic acids is 2. The van der Waals surface area contributed by atoms with Crippen LogP contribution in [-0.2, 0) is 4.79 Å². The zero-order chi connectivity index (χ0) is 25.7. The summed E-state index contributed by atoms with van der Waals surface area (Å²) in [6.07, 6.45) is 3.04. The molecule has 1 aliphatic carbocycles. The summed E-state index contributed by atoms with van der Waals surface area (Å²) in [5, 5.41) is 10.8. The lowest BCUT2D eigenvalue weighted by molar-refractivity contribution is -0.121. The minimum Gasteiger partial charge on any atom is -0.496 e. The summed E-state index contributed by atoms with van der Waals surface area (Å²) < 4.78 is 13.1. The van der Waals surface area contributed by atoms with E-state index < -0.39 is 0 Å². The fraction of sp³-hybridized carbons (Fsp3) is 0.593. The minimum atomic E-state index is -0.292. The Morgan fingerprint density at radius 3 is 2.23 bits per heavy atom. The van der Waals surface area contributed by atoms with Gasteiger partial charge in [-0.3, -0.25) is 14.3 Å². The van der Waals surface area contributed by atoms with Crippen LogP contribution in [0.4, 0.5) is 0 Å². The summed E-state index contributed by atoms with van der Waals surface area (Å²) in [5.41, 5.74) is 1.80. The van der Waals surface area contributed by atoms with Crippen LogP contribution in [0.5, 0.6) is 11.5 Å². The molecular weight excluding hydrogens is 444 g/mol. The molecule has 0 radical (unpaired) electrons. The van der Waals surface area contributed by atoms with Gasteiger partial charge in [0.05, 0.1) is 31.5 Å². The molecular formula is C27H40N4O4. The van der Waals surface area contributed by atoms with Gasteiger partial charge in [-0.1, -0.05) is 33.8 Å². The molecule has 2 unspecified atom stereocenters. The van der Waals surface area contributed by atoms with Gasteiger partial charge in [-0.2, -0.15) is 5.10 Å². The van der Waals surface area contributed by atoms with Crippen LogP contribution in [0.25, 0.3) is 11.3 Å². The Kier molecular flexibility index (Phi) is 8.81. The maximum absolute atomic E-state index is 13.4. The van der Waals surface area contributed by atoms with Crippen LogP contribution in [0.1, 0.15) is 76.8 Å². The van der Waals surface area contributed by atoms with Crippen molar-refractivity contribution in [2.45, 2.75) is 78.4 Å². The Balaban J connectivity index is 1.94. The topological polar surface area (TPSA) is 94.5 Å². The molecule has 2 amide bonds. The molecule has 2 aromatic rings. The fourth-order valence-electron chi connectivity index (χ4n) is 4.15. The van der Waals surface area contributed by atoms with Gasteiger partial charge in [0, 0.05) is 18.5 Å². The molecule has 1 heterocycles. The highest BCUT2D eigenvalue weighted by atomic mass is 16.5. The molecule has 1 aromatic heterocycles. The first-order chi connectivity index (χ1) is 16.6. The summed E-state index contributed by atoms with van der Waals surface area (Å²) in [4.78, 5) is 25.8. The Morgan fingerprint density at radius 1 is 1.09 bits per heavy atom. The van der Waals surface area contributed by atoms with Crippen molar-refractivity contribution in [3.63, 3.8) is 0 Å².